The molecule has 0 aromatic carbocycles. The number of H-pyrrole nitrogens is 1. The molecule has 2 aromatic rings. The Bertz CT molecular complexity index is 509. The van der Waals surface area contributed by atoms with Gasteiger partial charge in [-0.25, -0.2) is 9.97 Å². The lowest BCUT2D eigenvalue weighted by molar-refractivity contribution is 0.101. The van der Waals surface area contributed by atoms with Crippen molar-refractivity contribution in [1.82, 2.24) is 20.2 Å². The van der Waals surface area contributed by atoms with E-state index >= 15 is 0 Å². The summed E-state index contributed by atoms with van der Waals surface area (Å²) in [7, 11) is 0. The van der Waals surface area contributed by atoms with Gasteiger partial charge < -0.3 is 0 Å². The smallest absolute Gasteiger partial charge is 0.294 e. The van der Waals surface area contributed by atoms with Gasteiger partial charge in [-0.1, -0.05) is 0 Å². The molecule has 0 bridgehead atoms. The van der Waals surface area contributed by atoms with Crippen LogP contribution in [0.5, 0.6) is 0 Å². The van der Waals surface area contributed by atoms with Crippen LogP contribution in [0.25, 0.3) is 0 Å². The zero-order valence-corrected chi connectivity index (χ0v) is 9.88. The topological polar surface area (TPSA) is 83.6 Å². The van der Waals surface area contributed by atoms with Crippen molar-refractivity contribution in [2.24, 2.45) is 0 Å². The normalized spacial score (nSPS) is 14.4. The molecule has 0 aliphatic heterocycles. The molecule has 0 saturated carbocycles. The molecule has 0 fully saturated rings. The van der Waals surface area contributed by atoms with E-state index in [1.54, 1.807) is 11.3 Å². The van der Waals surface area contributed by atoms with Crippen LogP contribution in [0.3, 0.4) is 0 Å². The number of hydrogen-bond acceptors (Lipinski definition) is 5. The number of aromatic amines is 1. The minimum absolute atomic E-state index is 0.207. The lowest BCUT2D eigenvalue weighted by Crippen LogP contribution is -2.13. The molecule has 88 valence electrons. The van der Waals surface area contributed by atoms with E-state index in [9.17, 15) is 4.79 Å². The number of aryl methyl sites for hydroxylation is 2. The maximum absolute atomic E-state index is 11.7. The van der Waals surface area contributed by atoms with Gasteiger partial charge in [-0.3, -0.25) is 15.2 Å². The number of thiazole rings is 1. The van der Waals surface area contributed by atoms with Crippen molar-refractivity contribution < 1.29 is 4.79 Å². The van der Waals surface area contributed by atoms with Crippen molar-refractivity contribution in [3.05, 3.63) is 22.7 Å². The van der Waals surface area contributed by atoms with E-state index in [-0.39, 0.29) is 11.7 Å². The summed E-state index contributed by atoms with van der Waals surface area (Å²) in [5.74, 6) is -0.0910. The summed E-state index contributed by atoms with van der Waals surface area (Å²) in [6, 6.07) is 0. The summed E-state index contributed by atoms with van der Waals surface area (Å²) in [5.41, 5.74) is 1.13. The second-order valence-electron chi connectivity index (χ2n) is 3.88. The van der Waals surface area contributed by atoms with E-state index < -0.39 is 0 Å². The summed E-state index contributed by atoms with van der Waals surface area (Å²) in [6.07, 6.45) is 5.80. The lowest BCUT2D eigenvalue weighted by Gasteiger charge is -2.06. The van der Waals surface area contributed by atoms with Gasteiger partial charge in [0.05, 0.1) is 5.69 Å². The Morgan fingerprint density at radius 3 is 3.06 bits per heavy atom. The molecule has 0 radical (unpaired) electrons. The number of carbonyl (C=O) groups excluding carboxylic acids is 1. The first-order valence-corrected chi connectivity index (χ1v) is 6.30. The second-order valence-corrected chi connectivity index (χ2v) is 4.97. The van der Waals surface area contributed by atoms with Crippen molar-refractivity contribution in [3.63, 3.8) is 0 Å². The largest absolute Gasteiger partial charge is 0.295 e. The molecule has 1 aliphatic rings. The van der Waals surface area contributed by atoms with Gasteiger partial charge >= 0.3 is 0 Å². The molecule has 0 atom stereocenters. The molecule has 7 heteroatoms. The summed E-state index contributed by atoms with van der Waals surface area (Å²) in [4.78, 5) is 21.2. The van der Waals surface area contributed by atoms with E-state index in [0.29, 0.717) is 5.13 Å². The molecule has 0 saturated heterocycles. The fraction of sp³-hybridized carbons (Fsp3) is 0.400. The van der Waals surface area contributed by atoms with Crippen LogP contribution in [0.4, 0.5) is 5.13 Å². The van der Waals surface area contributed by atoms with Crippen LogP contribution in [0.1, 0.15) is 34.0 Å². The van der Waals surface area contributed by atoms with E-state index in [4.69, 9.17) is 0 Å². The monoisotopic (exact) mass is 249 g/mol. The molecule has 2 N–H and O–H groups in total. The second kappa shape index (κ2) is 4.25. The minimum atomic E-state index is -0.298. The molecule has 0 spiro atoms. The van der Waals surface area contributed by atoms with Crippen LogP contribution in [0, 0.1) is 0 Å². The highest BCUT2D eigenvalue weighted by atomic mass is 32.1. The van der Waals surface area contributed by atoms with E-state index in [1.165, 1.54) is 24.0 Å². The van der Waals surface area contributed by atoms with E-state index in [2.05, 4.69) is 25.5 Å². The summed E-state index contributed by atoms with van der Waals surface area (Å²) in [6.45, 7) is 0. The van der Waals surface area contributed by atoms with Gasteiger partial charge in [-0.15, -0.1) is 11.3 Å². The number of rotatable bonds is 2. The molecule has 2 heterocycles. The summed E-state index contributed by atoms with van der Waals surface area (Å²) in [5, 5.41) is 9.55. The molecule has 17 heavy (non-hydrogen) atoms. The first-order chi connectivity index (χ1) is 8.33. The summed E-state index contributed by atoms with van der Waals surface area (Å²) >= 11 is 1.56. The Balaban J connectivity index is 1.77. The number of anilines is 1. The predicted molar refractivity (Wildman–Crippen MR) is 63.1 cm³/mol. The van der Waals surface area contributed by atoms with E-state index in [1.807, 2.05) is 0 Å². The van der Waals surface area contributed by atoms with Gasteiger partial charge in [0.2, 0.25) is 5.82 Å². The number of fused-ring (bicyclic) bond motifs is 1. The van der Waals surface area contributed by atoms with Gasteiger partial charge in [0.15, 0.2) is 5.13 Å². The van der Waals surface area contributed by atoms with Crippen LogP contribution in [0.15, 0.2) is 6.33 Å². The van der Waals surface area contributed by atoms with Gasteiger partial charge in [0.1, 0.15) is 6.33 Å². The predicted octanol–water partition coefficient (Wildman–Crippen LogP) is 1.39. The molecule has 0 unspecified atom stereocenters. The quantitative estimate of drug-likeness (QED) is 0.842. The van der Waals surface area contributed by atoms with Crippen molar-refractivity contribution >= 4 is 22.4 Å². The zero-order chi connectivity index (χ0) is 11.7. The van der Waals surface area contributed by atoms with E-state index in [0.717, 1.165) is 18.5 Å². The maximum atomic E-state index is 11.7. The number of carbonyl (C=O) groups is 1. The average molecular weight is 249 g/mol. The van der Waals surface area contributed by atoms with Crippen LogP contribution in [0.2, 0.25) is 0 Å². The third kappa shape index (κ3) is 2.05. The number of nitrogens with one attached hydrogen (secondary N) is 2. The van der Waals surface area contributed by atoms with Crippen molar-refractivity contribution in [2.45, 2.75) is 25.7 Å². The maximum Gasteiger partial charge on any atom is 0.294 e. The average Bonchev–Trinajstić information content (AvgIpc) is 2.97. The first kappa shape index (κ1) is 10.4. The molecule has 1 amide bonds. The Hall–Kier alpha value is -1.76. The number of nitrogens with zero attached hydrogens (tertiary/aromatic N) is 3. The summed E-state index contributed by atoms with van der Waals surface area (Å²) < 4.78 is 0. The Morgan fingerprint density at radius 1 is 1.41 bits per heavy atom. The molecule has 6 nitrogen and oxygen atoms in total. The zero-order valence-electron chi connectivity index (χ0n) is 9.06. The van der Waals surface area contributed by atoms with Crippen LogP contribution >= 0.6 is 11.3 Å². The van der Waals surface area contributed by atoms with Crippen molar-refractivity contribution in [3.8, 4) is 0 Å². The molecular formula is C10H11N5OS. The fourth-order valence-corrected chi connectivity index (χ4v) is 2.92. The first-order valence-electron chi connectivity index (χ1n) is 5.48. The van der Waals surface area contributed by atoms with Crippen LogP contribution in [-0.4, -0.2) is 26.1 Å². The van der Waals surface area contributed by atoms with Gasteiger partial charge in [-0.2, -0.15) is 5.10 Å². The van der Waals surface area contributed by atoms with Crippen molar-refractivity contribution in [1.29, 1.82) is 0 Å². The Kier molecular flexibility index (Phi) is 2.60. The standard InChI is InChI=1S/C10H11N5OS/c16-9(8-11-5-12-15-8)14-10-13-6-3-1-2-4-7(6)17-10/h5H,1-4H2,(H,11,12,15)(H,13,14,16). The van der Waals surface area contributed by atoms with Gasteiger partial charge in [-0.05, 0) is 25.7 Å². The number of hydrogen-bond donors (Lipinski definition) is 2. The Morgan fingerprint density at radius 2 is 2.29 bits per heavy atom. The highest BCUT2D eigenvalue weighted by Gasteiger charge is 2.17. The number of aromatic nitrogens is 4. The SMILES string of the molecule is O=C(Nc1nc2c(s1)CCCC2)c1ncn[nH]1. The molecule has 2 aromatic heterocycles. The lowest BCUT2D eigenvalue weighted by atomic mass is 10.0. The van der Waals surface area contributed by atoms with Gasteiger partial charge in [0.25, 0.3) is 5.91 Å². The molecule has 1 aliphatic carbocycles. The van der Waals surface area contributed by atoms with Crippen molar-refractivity contribution in [2.75, 3.05) is 5.32 Å². The molecular weight excluding hydrogens is 238 g/mol. The number of amides is 1. The molecule has 3 rings (SSSR count). The Labute approximate surface area is 101 Å². The fourth-order valence-electron chi connectivity index (χ4n) is 1.88. The highest BCUT2D eigenvalue weighted by Crippen LogP contribution is 2.29. The van der Waals surface area contributed by atoms with Gasteiger partial charge in [0, 0.05) is 4.88 Å². The third-order valence-electron chi connectivity index (χ3n) is 2.70. The highest BCUT2D eigenvalue weighted by molar-refractivity contribution is 7.15. The van der Waals surface area contributed by atoms with Crippen LogP contribution in [-0.2, 0) is 12.8 Å². The van der Waals surface area contributed by atoms with Crippen LogP contribution < -0.4 is 5.32 Å². The third-order valence-corrected chi connectivity index (χ3v) is 3.77. The minimum Gasteiger partial charge on any atom is -0.295 e.